The summed E-state index contributed by atoms with van der Waals surface area (Å²) in [6.45, 7) is 10.5. The number of nitrogens with zero attached hydrogens (tertiary/aromatic N) is 2. The molecule has 1 aromatic rings. The van der Waals surface area contributed by atoms with Gasteiger partial charge in [0, 0.05) is 32.2 Å². The van der Waals surface area contributed by atoms with Crippen LogP contribution in [0.4, 0.5) is 16.2 Å². The summed E-state index contributed by atoms with van der Waals surface area (Å²) in [5.41, 5.74) is 1.15. The van der Waals surface area contributed by atoms with Crippen molar-refractivity contribution in [1.82, 2.24) is 10.2 Å². The lowest BCUT2D eigenvalue weighted by Crippen LogP contribution is -2.62. The summed E-state index contributed by atoms with van der Waals surface area (Å²) in [4.78, 5) is 30.3. The van der Waals surface area contributed by atoms with Crippen LogP contribution >= 0.6 is 0 Å². The summed E-state index contributed by atoms with van der Waals surface area (Å²) in [5.74, 6) is 1.02. The Balaban J connectivity index is 1.74. The Morgan fingerprint density at radius 1 is 1.24 bits per heavy atom. The van der Waals surface area contributed by atoms with Gasteiger partial charge >= 0.3 is 6.09 Å². The first-order valence-corrected chi connectivity index (χ1v) is 9.82. The number of likely N-dealkylation sites (tertiary alicyclic amines) is 1. The number of piperidine rings is 2. The SMILES string of the molecule is C=Nc1cc(OC)c(NC2[C@@H]3C[C@H]2CN(C(=O)OC(C)(C)C)C3)cc1C(=O)NC. The summed E-state index contributed by atoms with van der Waals surface area (Å²) < 4.78 is 11.0. The zero-order valence-corrected chi connectivity index (χ0v) is 17.7. The first kappa shape index (κ1) is 21.0. The van der Waals surface area contributed by atoms with E-state index in [4.69, 9.17) is 9.47 Å². The lowest BCUT2D eigenvalue weighted by Gasteiger charge is -2.53. The van der Waals surface area contributed by atoms with Crippen LogP contribution in [0.25, 0.3) is 0 Å². The van der Waals surface area contributed by atoms with E-state index in [9.17, 15) is 9.59 Å². The topological polar surface area (TPSA) is 92.3 Å². The molecule has 0 radical (unpaired) electrons. The lowest BCUT2D eigenvalue weighted by atomic mass is 9.66. The number of carbonyl (C=O) groups is 2. The number of ether oxygens (including phenoxy) is 2. The Bertz CT molecular complexity index is 806. The molecule has 1 aliphatic carbocycles. The fraction of sp³-hybridized carbons (Fsp3) is 0.571. The fourth-order valence-electron chi connectivity index (χ4n) is 4.08. The van der Waals surface area contributed by atoms with E-state index in [0.29, 0.717) is 41.9 Å². The maximum Gasteiger partial charge on any atom is 0.410 e. The number of benzene rings is 1. The van der Waals surface area contributed by atoms with Gasteiger partial charge < -0.3 is 25.0 Å². The third-order valence-corrected chi connectivity index (χ3v) is 5.46. The Kier molecular flexibility index (Phi) is 5.73. The normalized spacial score (nSPS) is 22.9. The summed E-state index contributed by atoms with van der Waals surface area (Å²) in [7, 11) is 3.16. The van der Waals surface area contributed by atoms with Crippen molar-refractivity contribution in [3.63, 3.8) is 0 Å². The molecule has 1 aromatic carbocycles. The summed E-state index contributed by atoms with van der Waals surface area (Å²) in [5, 5.41) is 6.16. The third kappa shape index (κ3) is 4.31. The van der Waals surface area contributed by atoms with Gasteiger partial charge in [0.25, 0.3) is 5.91 Å². The minimum Gasteiger partial charge on any atom is -0.495 e. The third-order valence-electron chi connectivity index (χ3n) is 5.46. The van der Waals surface area contributed by atoms with Crippen LogP contribution in [-0.4, -0.2) is 62.5 Å². The molecular weight excluding hydrogens is 372 g/mol. The van der Waals surface area contributed by atoms with Gasteiger partial charge in [0.05, 0.1) is 24.0 Å². The molecule has 8 nitrogen and oxygen atoms in total. The van der Waals surface area contributed by atoms with Gasteiger partial charge in [-0.3, -0.25) is 9.79 Å². The second-order valence-corrected chi connectivity index (χ2v) is 8.62. The molecule has 1 heterocycles. The predicted molar refractivity (Wildman–Crippen MR) is 112 cm³/mol. The quantitative estimate of drug-likeness (QED) is 0.739. The Morgan fingerprint density at radius 2 is 1.90 bits per heavy atom. The zero-order chi connectivity index (χ0) is 21.3. The highest BCUT2D eigenvalue weighted by Gasteiger charge is 2.48. The number of fused-ring (bicyclic) bond motifs is 2. The maximum absolute atomic E-state index is 12.4. The van der Waals surface area contributed by atoms with Crippen LogP contribution in [0.1, 0.15) is 37.6 Å². The number of anilines is 1. The van der Waals surface area contributed by atoms with Gasteiger partial charge in [-0.25, -0.2) is 4.79 Å². The van der Waals surface area contributed by atoms with Gasteiger partial charge in [0.1, 0.15) is 11.4 Å². The number of aliphatic imine (C=N–C) groups is 1. The standard InChI is InChI=1S/C21H30N4O4/c1-21(2,3)29-20(27)25-10-12-7-13(11-25)18(12)24-16-8-14(19(26)23-5)15(22-4)9-17(16)28-6/h8-9,12-13,18,24H,4,7,10-11H2,1-3,5-6H3,(H,23,26)/t12-,13+,18?. The molecule has 29 heavy (non-hydrogen) atoms. The van der Waals surface area contributed by atoms with E-state index in [1.165, 1.54) is 0 Å². The predicted octanol–water partition coefficient (Wildman–Crippen LogP) is 3.05. The van der Waals surface area contributed by atoms with Crippen molar-refractivity contribution in [2.24, 2.45) is 16.8 Å². The van der Waals surface area contributed by atoms with Crippen LogP contribution in [0.15, 0.2) is 17.1 Å². The molecule has 8 heteroatoms. The van der Waals surface area contributed by atoms with Crippen molar-refractivity contribution >= 4 is 30.1 Å². The number of hydrogen-bond acceptors (Lipinski definition) is 6. The molecule has 1 saturated heterocycles. The number of hydrogen-bond donors (Lipinski definition) is 2. The average Bonchev–Trinajstić information content (AvgIpc) is 2.69. The van der Waals surface area contributed by atoms with Gasteiger partial charge in [0.2, 0.25) is 0 Å². The Morgan fingerprint density at radius 3 is 2.41 bits per heavy atom. The number of nitrogens with one attached hydrogen (secondary N) is 2. The Hall–Kier alpha value is -2.77. The summed E-state index contributed by atoms with van der Waals surface area (Å²) >= 11 is 0. The largest absolute Gasteiger partial charge is 0.495 e. The van der Waals surface area contributed by atoms with Crippen molar-refractivity contribution < 1.29 is 19.1 Å². The highest BCUT2D eigenvalue weighted by Crippen LogP contribution is 2.44. The second-order valence-electron chi connectivity index (χ2n) is 8.62. The van der Waals surface area contributed by atoms with Gasteiger partial charge in [0.15, 0.2) is 0 Å². The van der Waals surface area contributed by atoms with Crippen molar-refractivity contribution in [3.05, 3.63) is 17.7 Å². The first-order valence-electron chi connectivity index (χ1n) is 9.82. The van der Waals surface area contributed by atoms with E-state index >= 15 is 0 Å². The molecule has 2 N–H and O–H groups in total. The van der Waals surface area contributed by atoms with Crippen LogP contribution in [-0.2, 0) is 4.74 Å². The summed E-state index contributed by atoms with van der Waals surface area (Å²) in [6, 6.07) is 3.67. The molecular formula is C21H30N4O4. The highest BCUT2D eigenvalue weighted by atomic mass is 16.6. The van der Waals surface area contributed by atoms with Crippen molar-refractivity contribution in [2.75, 3.05) is 32.6 Å². The molecule has 3 atom stereocenters. The first-order chi connectivity index (χ1) is 13.7. The maximum atomic E-state index is 12.4. The molecule has 2 amide bonds. The number of rotatable bonds is 5. The molecule has 1 saturated carbocycles. The Labute approximate surface area is 171 Å². The smallest absolute Gasteiger partial charge is 0.410 e. The minimum atomic E-state index is -0.499. The molecule has 2 aliphatic rings. The zero-order valence-electron chi connectivity index (χ0n) is 17.7. The van der Waals surface area contributed by atoms with Crippen molar-refractivity contribution in [1.29, 1.82) is 0 Å². The highest BCUT2D eigenvalue weighted by molar-refractivity contribution is 6.00. The molecule has 2 bridgehead atoms. The molecule has 158 valence electrons. The van der Waals surface area contributed by atoms with E-state index < -0.39 is 5.60 Å². The number of methoxy groups -OCH3 is 1. The van der Waals surface area contributed by atoms with E-state index in [0.717, 1.165) is 12.1 Å². The van der Waals surface area contributed by atoms with Gasteiger partial charge in [-0.2, -0.15) is 0 Å². The van der Waals surface area contributed by atoms with E-state index in [2.05, 4.69) is 22.3 Å². The van der Waals surface area contributed by atoms with Crippen LogP contribution in [0.3, 0.4) is 0 Å². The van der Waals surface area contributed by atoms with E-state index in [-0.39, 0.29) is 18.0 Å². The fourth-order valence-corrected chi connectivity index (χ4v) is 4.08. The number of amides is 2. The van der Waals surface area contributed by atoms with Crippen LogP contribution in [0.2, 0.25) is 0 Å². The van der Waals surface area contributed by atoms with Crippen molar-refractivity contribution in [3.8, 4) is 5.75 Å². The van der Waals surface area contributed by atoms with Crippen LogP contribution in [0.5, 0.6) is 5.75 Å². The molecule has 0 spiro atoms. The molecule has 3 rings (SSSR count). The van der Waals surface area contributed by atoms with Gasteiger partial charge in [-0.1, -0.05) is 0 Å². The van der Waals surface area contributed by atoms with Gasteiger partial charge in [-0.05, 0) is 51.8 Å². The molecule has 1 aliphatic heterocycles. The number of carbonyl (C=O) groups excluding carboxylic acids is 2. The van der Waals surface area contributed by atoms with Crippen molar-refractivity contribution in [2.45, 2.75) is 38.8 Å². The van der Waals surface area contributed by atoms with E-state index in [1.54, 1.807) is 31.2 Å². The summed E-state index contributed by atoms with van der Waals surface area (Å²) in [6.07, 6.45) is 0.806. The van der Waals surface area contributed by atoms with Crippen LogP contribution in [0, 0.1) is 11.8 Å². The minimum absolute atomic E-state index is 0.211. The lowest BCUT2D eigenvalue weighted by molar-refractivity contribution is -0.0223. The molecule has 0 aromatic heterocycles. The monoisotopic (exact) mass is 402 g/mol. The van der Waals surface area contributed by atoms with Crippen LogP contribution < -0.4 is 15.4 Å². The molecule has 2 fully saturated rings. The average molecular weight is 402 g/mol. The van der Waals surface area contributed by atoms with Gasteiger partial charge in [-0.15, -0.1) is 0 Å². The second kappa shape index (κ2) is 7.93. The molecule has 1 unspecified atom stereocenters. The van der Waals surface area contributed by atoms with E-state index in [1.807, 2.05) is 20.8 Å².